The van der Waals surface area contributed by atoms with Crippen LogP contribution in [0.25, 0.3) is 10.8 Å². The Bertz CT molecular complexity index is 1200. The van der Waals surface area contributed by atoms with E-state index in [2.05, 4.69) is 17.2 Å². The largest absolute Gasteiger partial charge is 0.345 e. The Labute approximate surface area is 184 Å². The maximum atomic E-state index is 13.0. The van der Waals surface area contributed by atoms with Gasteiger partial charge in [-0.1, -0.05) is 61.2 Å². The van der Waals surface area contributed by atoms with Crippen molar-refractivity contribution in [3.63, 3.8) is 0 Å². The van der Waals surface area contributed by atoms with Crippen molar-refractivity contribution in [2.45, 2.75) is 13.0 Å². The molecule has 0 aliphatic rings. The van der Waals surface area contributed by atoms with Crippen molar-refractivity contribution in [3.05, 3.63) is 90.5 Å². The predicted molar refractivity (Wildman–Crippen MR) is 121 cm³/mol. The van der Waals surface area contributed by atoms with Crippen LogP contribution >= 0.6 is 0 Å². The number of hydrogen-bond acceptors (Lipinski definition) is 4. The third-order valence-corrected chi connectivity index (χ3v) is 4.75. The number of carbonyl (C=O) groups is 4. The van der Waals surface area contributed by atoms with Crippen LogP contribution in [-0.4, -0.2) is 23.6 Å². The van der Waals surface area contributed by atoms with Gasteiger partial charge < -0.3 is 10.6 Å². The molecule has 0 saturated heterocycles. The molecule has 0 aliphatic heterocycles. The molecule has 0 saturated carbocycles. The summed E-state index contributed by atoms with van der Waals surface area (Å²) in [6, 6.07) is 19.8. The number of amides is 4. The highest BCUT2D eigenvalue weighted by atomic mass is 16.2. The van der Waals surface area contributed by atoms with Gasteiger partial charge in [0.15, 0.2) is 0 Å². The first kappa shape index (κ1) is 22.2. The summed E-state index contributed by atoms with van der Waals surface area (Å²) < 4.78 is 0. The van der Waals surface area contributed by atoms with Crippen LogP contribution < -0.4 is 21.5 Å². The Morgan fingerprint density at radius 3 is 2.31 bits per heavy atom. The molecule has 0 aromatic heterocycles. The van der Waals surface area contributed by atoms with Crippen LogP contribution in [0.2, 0.25) is 0 Å². The zero-order chi connectivity index (χ0) is 23.1. The number of para-hydroxylation sites is 1. The molecule has 8 heteroatoms. The molecule has 3 aromatic carbocycles. The lowest BCUT2D eigenvalue weighted by molar-refractivity contribution is -0.137. The maximum Gasteiger partial charge on any atom is 0.328 e. The van der Waals surface area contributed by atoms with Gasteiger partial charge in [0.1, 0.15) is 0 Å². The van der Waals surface area contributed by atoms with Crippen molar-refractivity contribution in [1.29, 1.82) is 0 Å². The monoisotopic (exact) mass is 430 g/mol. The summed E-state index contributed by atoms with van der Waals surface area (Å²) in [5.74, 6) is -3.23. The number of nitrogens with one attached hydrogen (secondary N) is 4. The summed E-state index contributed by atoms with van der Waals surface area (Å²) in [6.45, 7) is 5.11. The van der Waals surface area contributed by atoms with Gasteiger partial charge in [0.25, 0.3) is 11.8 Å². The lowest BCUT2D eigenvalue weighted by atomic mass is 9.99. The molecule has 0 aliphatic carbocycles. The van der Waals surface area contributed by atoms with E-state index in [-0.39, 0.29) is 17.3 Å². The number of benzene rings is 3. The summed E-state index contributed by atoms with van der Waals surface area (Å²) in [5.41, 5.74) is 5.25. The second kappa shape index (κ2) is 10.0. The van der Waals surface area contributed by atoms with Crippen LogP contribution in [-0.2, 0) is 14.4 Å². The van der Waals surface area contributed by atoms with Gasteiger partial charge in [-0.05, 0) is 41.5 Å². The van der Waals surface area contributed by atoms with E-state index in [4.69, 9.17) is 0 Å². The van der Waals surface area contributed by atoms with Crippen molar-refractivity contribution < 1.29 is 19.2 Å². The second-order valence-electron chi connectivity index (χ2n) is 6.91. The quantitative estimate of drug-likeness (QED) is 0.283. The number of fused-ring (bicyclic) bond motifs is 1. The predicted octanol–water partition coefficient (Wildman–Crippen LogP) is 2.60. The maximum absolute atomic E-state index is 13.0. The van der Waals surface area contributed by atoms with Crippen LogP contribution in [0.15, 0.2) is 79.4 Å². The molecule has 1 atom stereocenters. The zero-order valence-corrected chi connectivity index (χ0v) is 17.3. The third kappa shape index (κ3) is 5.17. The summed E-state index contributed by atoms with van der Waals surface area (Å²) in [4.78, 5) is 48.1. The van der Waals surface area contributed by atoms with Gasteiger partial charge in [-0.15, -0.1) is 0 Å². The van der Waals surface area contributed by atoms with E-state index in [9.17, 15) is 19.2 Å². The molecular weight excluding hydrogens is 408 g/mol. The fraction of sp³-hybridized carbons (Fsp3) is 0.0833. The van der Waals surface area contributed by atoms with E-state index in [0.29, 0.717) is 0 Å². The van der Waals surface area contributed by atoms with Gasteiger partial charge in [0.05, 0.1) is 17.3 Å². The van der Waals surface area contributed by atoms with Gasteiger partial charge in [-0.3, -0.25) is 30.0 Å². The minimum atomic E-state index is -1.10. The smallest absolute Gasteiger partial charge is 0.328 e. The number of hydrazine groups is 1. The molecule has 4 N–H and O–H groups in total. The molecule has 4 amide bonds. The molecule has 8 nitrogen and oxygen atoms in total. The first-order valence-corrected chi connectivity index (χ1v) is 9.82. The van der Waals surface area contributed by atoms with E-state index in [1.165, 1.54) is 12.1 Å². The van der Waals surface area contributed by atoms with Gasteiger partial charge >= 0.3 is 11.8 Å². The normalized spacial score (nSPS) is 11.2. The highest BCUT2D eigenvalue weighted by molar-refractivity contribution is 6.40. The molecule has 0 spiro atoms. The van der Waals surface area contributed by atoms with Crippen molar-refractivity contribution in [1.82, 2.24) is 16.2 Å². The second-order valence-corrected chi connectivity index (χ2v) is 6.91. The van der Waals surface area contributed by atoms with Crippen LogP contribution in [0.3, 0.4) is 0 Å². The third-order valence-electron chi connectivity index (χ3n) is 4.75. The van der Waals surface area contributed by atoms with Crippen molar-refractivity contribution >= 4 is 40.1 Å². The Balaban J connectivity index is 1.74. The minimum Gasteiger partial charge on any atom is -0.345 e. The molecule has 0 fully saturated rings. The molecule has 0 bridgehead atoms. The zero-order valence-electron chi connectivity index (χ0n) is 17.3. The number of anilines is 1. The van der Waals surface area contributed by atoms with Gasteiger partial charge in [-0.2, -0.15) is 0 Å². The van der Waals surface area contributed by atoms with Gasteiger partial charge in [0.2, 0.25) is 0 Å². The molecule has 0 unspecified atom stereocenters. The number of carbonyl (C=O) groups excluding carboxylic acids is 4. The van der Waals surface area contributed by atoms with Crippen LogP contribution in [0, 0.1) is 0 Å². The van der Waals surface area contributed by atoms with Crippen LogP contribution in [0.4, 0.5) is 5.69 Å². The molecule has 3 rings (SSSR count). The standard InChI is InChI=1S/C24H22N4O4/c1-3-21(29)27-28-24(32)23(31)26-20-14-7-6-12-19(20)22(30)25-15(2)17-13-8-10-16-9-4-5-11-18(16)17/h3-15H,1H2,2H3,(H,25,30)(H,26,31)(H,27,29)(H,28,32)/t15-/m1/s1. The minimum absolute atomic E-state index is 0.158. The fourth-order valence-electron chi connectivity index (χ4n) is 3.18. The molecule has 162 valence electrons. The first-order chi connectivity index (χ1) is 15.4. The van der Waals surface area contributed by atoms with E-state index in [1.807, 2.05) is 60.2 Å². The summed E-state index contributed by atoms with van der Waals surface area (Å²) in [7, 11) is 0. The van der Waals surface area contributed by atoms with E-state index in [1.54, 1.807) is 12.1 Å². The average Bonchev–Trinajstić information content (AvgIpc) is 2.81. The lowest BCUT2D eigenvalue weighted by Gasteiger charge is -2.18. The summed E-state index contributed by atoms with van der Waals surface area (Å²) >= 11 is 0. The lowest BCUT2D eigenvalue weighted by Crippen LogP contribution is -2.46. The highest BCUT2D eigenvalue weighted by Gasteiger charge is 2.20. The Morgan fingerprint density at radius 1 is 0.844 bits per heavy atom. The Hall–Kier alpha value is -4.46. The SMILES string of the molecule is C=CC(=O)NNC(=O)C(=O)Nc1ccccc1C(=O)N[C@H](C)c1cccc2ccccc12. The molecule has 0 radical (unpaired) electrons. The van der Waals surface area contributed by atoms with E-state index in [0.717, 1.165) is 22.4 Å². The average molecular weight is 430 g/mol. The van der Waals surface area contributed by atoms with Crippen LogP contribution in [0.1, 0.15) is 28.9 Å². The Morgan fingerprint density at radius 2 is 1.53 bits per heavy atom. The van der Waals surface area contributed by atoms with E-state index >= 15 is 0 Å². The summed E-state index contributed by atoms with van der Waals surface area (Å²) in [6.07, 6.45) is 0.939. The highest BCUT2D eigenvalue weighted by Crippen LogP contribution is 2.25. The molecule has 0 heterocycles. The van der Waals surface area contributed by atoms with Gasteiger partial charge in [0, 0.05) is 0 Å². The molecular formula is C24H22N4O4. The van der Waals surface area contributed by atoms with E-state index < -0.39 is 23.6 Å². The Kier molecular flexibility index (Phi) is 6.97. The first-order valence-electron chi connectivity index (χ1n) is 9.82. The number of rotatable bonds is 5. The van der Waals surface area contributed by atoms with Crippen LogP contribution in [0.5, 0.6) is 0 Å². The topological polar surface area (TPSA) is 116 Å². The van der Waals surface area contributed by atoms with Crippen molar-refractivity contribution in [3.8, 4) is 0 Å². The molecule has 32 heavy (non-hydrogen) atoms. The summed E-state index contributed by atoms with van der Waals surface area (Å²) in [5, 5.41) is 7.42. The fourth-order valence-corrected chi connectivity index (χ4v) is 3.18. The van der Waals surface area contributed by atoms with Crippen molar-refractivity contribution in [2.75, 3.05) is 5.32 Å². The molecule has 3 aromatic rings. The number of hydrogen-bond donors (Lipinski definition) is 4. The van der Waals surface area contributed by atoms with Crippen molar-refractivity contribution in [2.24, 2.45) is 0 Å². The van der Waals surface area contributed by atoms with Gasteiger partial charge in [-0.25, -0.2) is 0 Å².